The molecule has 1 saturated heterocycles. The highest BCUT2D eigenvalue weighted by Gasteiger charge is 2.49. The fourth-order valence-electron chi connectivity index (χ4n) is 3.24. The van der Waals surface area contributed by atoms with Crippen LogP contribution in [0.5, 0.6) is 0 Å². The van der Waals surface area contributed by atoms with E-state index in [0.717, 1.165) is 0 Å². The molecule has 1 N–H and O–H groups in total. The van der Waals surface area contributed by atoms with Crippen molar-refractivity contribution in [3.63, 3.8) is 0 Å². The van der Waals surface area contributed by atoms with E-state index < -0.39 is 53.2 Å². The number of amides is 1. The molecular formula is C19H27N3O8. The Balaban J connectivity index is 2.56. The number of rotatable bonds is 4. The topological polar surface area (TPSA) is 137 Å². The van der Waals surface area contributed by atoms with Gasteiger partial charge in [0, 0.05) is 32.0 Å². The summed E-state index contributed by atoms with van der Waals surface area (Å²) in [4.78, 5) is 63.6. The van der Waals surface area contributed by atoms with Crippen molar-refractivity contribution in [2.75, 3.05) is 6.61 Å². The quantitative estimate of drug-likeness (QED) is 0.554. The summed E-state index contributed by atoms with van der Waals surface area (Å²) in [7, 11) is 0. The summed E-state index contributed by atoms with van der Waals surface area (Å²) in [5.74, 6) is -1.18. The van der Waals surface area contributed by atoms with Crippen molar-refractivity contribution in [2.24, 2.45) is 0 Å². The number of aromatic nitrogens is 2. The minimum atomic E-state index is -0.937. The Kier molecular flexibility index (Phi) is 6.73. The Morgan fingerprint density at radius 3 is 2.33 bits per heavy atom. The van der Waals surface area contributed by atoms with Crippen molar-refractivity contribution in [2.45, 2.75) is 71.9 Å². The maximum absolute atomic E-state index is 13.0. The number of H-pyrrole nitrogens is 1. The van der Waals surface area contributed by atoms with Gasteiger partial charge < -0.3 is 14.2 Å². The normalized spacial score (nSPS) is 21.3. The molecule has 1 aliphatic heterocycles. The predicted molar refractivity (Wildman–Crippen MR) is 104 cm³/mol. The summed E-state index contributed by atoms with van der Waals surface area (Å²) in [6, 6.07) is -0.892. The average molecular weight is 425 g/mol. The third kappa shape index (κ3) is 5.49. The number of likely N-dealkylation sites (tertiary alicyclic amines) is 1. The van der Waals surface area contributed by atoms with Crippen LogP contribution < -0.4 is 11.2 Å². The zero-order valence-corrected chi connectivity index (χ0v) is 17.9. The molecular weight excluding hydrogens is 398 g/mol. The number of nitrogens with zero attached hydrogens (tertiary/aromatic N) is 2. The van der Waals surface area contributed by atoms with Crippen molar-refractivity contribution in [1.82, 2.24) is 14.5 Å². The van der Waals surface area contributed by atoms with Crippen molar-refractivity contribution >= 4 is 18.0 Å². The second kappa shape index (κ2) is 8.72. The number of hydrogen-bond donors (Lipinski definition) is 1. The lowest BCUT2D eigenvalue weighted by atomic mass is 10.1. The zero-order valence-electron chi connectivity index (χ0n) is 17.9. The molecule has 1 amide bonds. The highest BCUT2D eigenvalue weighted by molar-refractivity contribution is 5.70. The van der Waals surface area contributed by atoms with Gasteiger partial charge in [0.2, 0.25) is 0 Å². The maximum atomic E-state index is 13.0. The molecule has 0 aromatic carbocycles. The molecule has 166 valence electrons. The van der Waals surface area contributed by atoms with Gasteiger partial charge >= 0.3 is 23.7 Å². The van der Waals surface area contributed by atoms with Gasteiger partial charge in [0.25, 0.3) is 5.56 Å². The Morgan fingerprint density at radius 1 is 1.17 bits per heavy atom. The highest BCUT2D eigenvalue weighted by atomic mass is 16.6. The number of hydrogen-bond acceptors (Lipinski definition) is 8. The van der Waals surface area contributed by atoms with Gasteiger partial charge in [-0.3, -0.25) is 28.8 Å². The van der Waals surface area contributed by atoms with Crippen LogP contribution >= 0.6 is 0 Å². The fraction of sp³-hybridized carbons (Fsp3) is 0.632. The number of ether oxygens (including phenoxy) is 3. The lowest BCUT2D eigenvalue weighted by Crippen LogP contribution is -2.49. The van der Waals surface area contributed by atoms with Crippen molar-refractivity contribution in [3.8, 4) is 0 Å². The summed E-state index contributed by atoms with van der Waals surface area (Å²) >= 11 is 0. The average Bonchev–Trinajstić information content (AvgIpc) is 2.92. The van der Waals surface area contributed by atoms with Crippen LogP contribution in [0.2, 0.25) is 0 Å². The Bertz CT molecular complexity index is 942. The van der Waals surface area contributed by atoms with E-state index in [-0.39, 0.29) is 18.6 Å². The first kappa shape index (κ1) is 23.2. The number of carbonyl (C=O) groups is 3. The summed E-state index contributed by atoms with van der Waals surface area (Å²) in [5.41, 5.74) is -1.88. The van der Waals surface area contributed by atoms with Gasteiger partial charge in [-0.1, -0.05) is 0 Å². The molecule has 2 heterocycles. The Labute approximate surface area is 172 Å². The van der Waals surface area contributed by atoms with E-state index in [2.05, 4.69) is 4.98 Å². The molecule has 0 unspecified atom stereocenters. The van der Waals surface area contributed by atoms with E-state index in [4.69, 9.17) is 14.2 Å². The number of aromatic amines is 1. The summed E-state index contributed by atoms with van der Waals surface area (Å²) in [6.45, 7) is 8.71. The minimum Gasteiger partial charge on any atom is -0.464 e. The van der Waals surface area contributed by atoms with E-state index in [1.807, 2.05) is 0 Å². The van der Waals surface area contributed by atoms with Gasteiger partial charge in [-0.15, -0.1) is 0 Å². The molecule has 0 aliphatic carbocycles. The van der Waals surface area contributed by atoms with Gasteiger partial charge in [0.1, 0.15) is 30.5 Å². The van der Waals surface area contributed by atoms with E-state index >= 15 is 0 Å². The van der Waals surface area contributed by atoms with E-state index in [9.17, 15) is 24.0 Å². The highest BCUT2D eigenvalue weighted by Crippen LogP contribution is 2.35. The predicted octanol–water partition coefficient (Wildman–Crippen LogP) is 0.848. The first-order chi connectivity index (χ1) is 13.8. The molecule has 30 heavy (non-hydrogen) atoms. The minimum absolute atomic E-state index is 0.0378. The van der Waals surface area contributed by atoms with E-state index in [0.29, 0.717) is 0 Å². The molecule has 1 aromatic rings. The van der Waals surface area contributed by atoms with Gasteiger partial charge in [-0.05, 0) is 27.7 Å². The zero-order chi connectivity index (χ0) is 22.8. The molecule has 0 saturated carbocycles. The van der Waals surface area contributed by atoms with Crippen molar-refractivity contribution in [3.05, 3.63) is 32.6 Å². The molecule has 11 heteroatoms. The van der Waals surface area contributed by atoms with Crippen LogP contribution in [-0.2, 0) is 23.8 Å². The Morgan fingerprint density at radius 2 is 1.80 bits per heavy atom. The summed E-state index contributed by atoms with van der Waals surface area (Å²) < 4.78 is 17.1. The molecule has 2 rings (SSSR count). The molecule has 0 bridgehead atoms. The maximum Gasteiger partial charge on any atom is 0.412 e. The summed E-state index contributed by atoms with van der Waals surface area (Å²) in [6.07, 6.45) is -1.22. The molecule has 1 fully saturated rings. The van der Waals surface area contributed by atoms with Gasteiger partial charge in [0.05, 0.1) is 0 Å². The van der Waals surface area contributed by atoms with Gasteiger partial charge in [-0.2, -0.15) is 0 Å². The monoisotopic (exact) mass is 425 g/mol. The second-order valence-corrected chi connectivity index (χ2v) is 8.10. The molecule has 3 atom stereocenters. The van der Waals surface area contributed by atoms with Crippen LogP contribution in [0.15, 0.2) is 15.8 Å². The van der Waals surface area contributed by atoms with Crippen molar-refractivity contribution < 1.29 is 28.6 Å². The standard InChI is InChI=1S/C19H27N3O8/c1-10-8-21(17(26)20-16(10)25)15-7-14(29-12(3)24)13(9-28-11(2)23)22(15)18(27)30-19(4,5)6/h8,13-15H,7,9H2,1-6H3,(H,20,25,26)/t13-,14+,15-/m1/s1. The number of nitrogens with one attached hydrogen (secondary N) is 1. The van der Waals surface area contributed by atoms with Crippen LogP contribution in [-0.4, -0.2) is 56.8 Å². The number of esters is 2. The van der Waals surface area contributed by atoms with E-state index in [1.165, 1.54) is 36.4 Å². The lowest BCUT2D eigenvalue weighted by Gasteiger charge is -2.33. The van der Waals surface area contributed by atoms with Crippen LogP contribution in [0.25, 0.3) is 0 Å². The Hall–Kier alpha value is -3.11. The number of aryl methyl sites for hydroxylation is 1. The molecule has 1 aliphatic rings. The third-order valence-corrected chi connectivity index (χ3v) is 4.40. The van der Waals surface area contributed by atoms with Gasteiger partial charge in [0.15, 0.2) is 0 Å². The first-order valence-corrected chi connectivity index (χ1v) is 9.44. The van der Waals surface area contributed by atoms with Crippen LogP contribution in [0.4, 0.5) is 4.79 Å². The van der Waals surface area contributed by atoms with Crippen molar-refractivity contribution in [1.29, 1.82) is 0 Å². The molecule has 0 radical (unpaired) electrons. The largest absolute Gasteiger partial charge is 0.464 e. The van der Waals surface area contributed by atoms with E-state index in [1.54, 1.807) is 20.8 Å². The SMILES string of the molecule is CC(=O)OC[C@@H]1[C@@H](OC(C)=O)C[C@H](n2cc(C)c(=O)[nH]c2=O)N1C(=O)OC(C)(C)C. The third-order valence-electron chi connectivity index (χ3n) is 4.40. The van der Waals surface area contributed by atoms with Crippen LogP contribution in [0.1, 0.15) is 52.8 Å². The summed E-state index contributed by atoms with van der Waals surface area (Å²) in [5, 5.41) is 0. The first-order valence-electron chi connectivity index (χ1n) is 9.44. The van der Waals surface area contributed by atoms with Crippen LogP contribution in [0.3, 0.4) is 0 Å². The molecule has 0 spiro atoms. The fourth-order valence-corrected chi connectivity index (χ4v) is 3.24. The lowest BCUT2D eigenvalue weighted by molar-refractivity contribution is -0.150. The number of carbonyl (C=O) groups excluding carboxylic acids is 3. The molecule has 11 nitrogen and oxygen atoms in total. The van der Waals surface area contributed by atoms with Gasteiger partial charge in [-0.25, -0.2) is 9.59 Å². The van der Waals surface area contributed by atoms with Crippen LogP contribution in [0, 0.1) is 6.92 Å². The second-order valence-electron chi connectivity index (χ2n) is 8.10. The smallest absolute Gasteiger partial charge is 0.412 e. The molecule has 1 aromatic heterocycles.